The Bertz CT molecular complexity index is 1670. The molecular weight excluding hydrogens is 673 g/mol. The summed E-state index contributed by atoms with van der Waals surface area (Å²) in [4.78, 5) is 28.0. The van der Waals surface area contributed by atoms with Gasteiger partial charge in [0.05, 0.1) is 18.1 Å². The molecule has 2 aromatic heterocycles. The molecule has 6 rings (SSSR count). The Hall–Kier alpha value is -3.00. The first-order chi connectivity index (χ1) is 23.0. The van der Waals surface area contributed by atoms with Gasteiger partial charge in [0.15, 0.2) is 0 Å². The molecular formula is C34H43Cl2N7O4S. The molecule has 2 N–H and O–H groups in total. The van der Waals surface area contributed by atoms with E-state index in [2.05, 4.69) is 30.8 Å². The maximum absolute atomic E-state index is 11.5. The van der Waals surface area contributed by atoms with Crippen molar-refractivity contribution >= 4 is 45.0 Å². The summed E-state index contributed by atoms with van der Waals surface area (Å²) in [6.45, 7) is 8.46. The molecule has 0 atom stereocenters. The van der Waals surface area contributed by atoms with E-state index in [0.29, 0.717) is 33.6 Å². The second-order valence-corrected chi connectivity index (χ2v) is 15.9. The molecule has 3 fully saturated rings. The van der Waals surface area contributed by atoms with Crippen molar-refractivity contribution in [3.05, 3.63) is 64.3 Å². The van der Waals surface area contributed by atoms with Crippen LogP contribution in [0.4, 0.5) is 5.82 Å². The van der Waals surface area contributed by atoms with Gasteiger partial charge < -0.3 is 15.0 Å². The van der Waals surface area contributed by atoms with Gasteiger partial charge in [-0.1, -0.05) is 23.2 Å². The first kappa shape index (κ1) is 34.8. The van der Waals surface area contributed by atoms with E-state index in [-0.39, 0.29) is 11.9 Å². The number of anilines is 1. The molecule has 3 aliphatic rings. The largest absolute Gasteiger partial charge is 0.437 e. The standard InChI is InChI=1S/C34H43Cl2N7O4S/c1-23(44)37-20-24-5-7-41(8-6-24)22-25-13-32(26-15-27(35)17-28(36)16-26)39-34(14-25)47-31-3-4-33(38-21-31)43-11-9-42(10-12-43)30-18-29(19-30)40-48(2,45)46/h3-4,13-17,21,24,29-30,40H,5-12,18-20,22H2,1-2H3,(H,37,44)/t29-,30-. The van der Waals surface area contributed by atoms with E-state index in [1.807, 2.05) is 30.3 Å². The number of rotatable bonds is 11. The summed E-state index contributed by atoms with van der Waals surface area (Å²) in [7, 11) is -3.16. The van der Waals surface area contributed by atoms with Gasteiger partial charge in [-0.05, 0) is 86.7 Å². The van der Waals surface area contributed by atoms with Crippen LogP contribution in [0.25, 0.3) is 11.3 Å². The number of carbonyl (C=O) groups excluding carboxylic acids is 1. The number of halogens is 2. The molecule has 11 nitrogen and oxygen atoms in total. The zero-order valence-electron chi connectivity index (χ0n) is 27.4. The molecule has 1 aromatic carbocycles. The van der Waals surface area contributed by atoms with Gasteiger partial charge in [0, 0.05) is 80.0 Å². The number of hydrogen-bond acceptors (Lipinski definition) is 9. The molecule has 4 heterocycles. The second-order valence-electron chi connectivity index (χ2n) is 13.2. The topological polar surface area (TPSA) is 120 Å². The number of nitrogens with zero attached hydrogens (tertiary/aromatic N) is 5. The lowest BCUT2D eigenvalue weighted by Gasteiger charge is -2.46. The fourth-order valence-electron chi connectivity index (χ4n) is 6.79. The molecule has 14 heteroatoms. The number of amides is 1. The van der Waals surface area contributed by atoms with Crippen LogP contribution >= 0.6 is 23.2 Å². The number of nitrogens with one attached hydrogen (secondary N) is 2. The summed E-state index contributed by atoms with van der Waals surface area (Å²) in [6.07, 6.45) is 6.73. The molecule has 48 heavy (non-hydrogen) atoms. The Morgan fingerprint density at radius 3 is 2.31 bits per heavy atom. The van der Waals surface area contributed by atoms with Crippen molar-refractivity contribution in [2.75, 3.05) is 57.0 Å². The van der Waals surface area contributed by atoms with Crippen molar-refractivity contribution in [1.82, 2.24) is 29.8 Å². The van der Waals surface area contributed by atoms with Crippen LogP contribution in [0.3, 0.4) is 0 Å². The minimum Gasteiger partial charge on any atom is -0.437 e. The van der Waals surface area contributed by atoms with Gasteiger partial charge in [-0.25, -0.2) is 23.1 Å². The smallest absolute Gasteiger partial charge is 0.220 e. The zero-order valence-corrected chi connectivity index (χ0v) is 29.7. The van der Waals surface area contributed by atoms with Gasteiger partial charge in [-0.15, -0.1) is 0 Å². The van der Waals surface area contributed by atoms with E-state index >= 15 is 0 Å². The number of ether oxygens (including phenoxy) is 1. The summed E-state index contributed by atoms with van der Waals surface area (Å²) < 4.78 is 32.0. The monoisotopic (exact) mass is 715 g/mol. The molecule has 1 aliphatic carbocycles. The van der Waals surface area contributed by atoms with Gasteiger partial charge in [-0.2, -0.15) is 0 Å². The molecule has 3 aromatic rings. The SMILES string of the molecule is CC(=O)NCC1CCN(Cc2cc(Oc3ccc(N4CCN([C@H]5C[C@H](NS(C)(=O)=O)C5)CC4)nc3)nc(-c3cc(Cl)cc(Cl)c3)c2)CC1. The lowest BCUT2D eigenvalue weighted by atomic mass is 9.86. The highest BCUT2D eigenvalue weighted by Gasteiger charge is 2.36. The number of aromatic nitrogens is 2. The maximum atomic E-state index is 11.5. The first-order valence-electron chi connectivity index (χ1n) is 16.5. The Morgan fingerprint density at radius 2 is 1.69 bits per heavy atom. The second kappa shape index (κ2) is 15.3. The van der Waals surface area contributed by atoms with E-state index in [4.69, 9.17) is 37.9 Å². The Balaban J connectivity index is 1.09. The van der Waals surface area contributed by atoms with Crippen molar-refractivity contribution in [3.63, 3.8) is 0 Å². The fraction of sp³-hybridized carbons (Fsp3) is 0.500. The van der Waals surface area contributed by atoms with Crippen LogP contribution in [0.1, 0.15) is 38.2 Å². The molecule has 0 bridgehead atoms. The molecule has 1 amide bonds. The van der Waals surface area contributed by atoms with E-state index in [1.165, 1.54) is 6.26 Å². The molecule has 2 saturated heterocycles. The number of piperazine rings is 1. The van der Waals surface area contributed by atoms with E-state index < -0.39 is 10.0 Å². The third kappa shape index (κ3) is 9.58. The number of piperidine rings is 1. The Kier molecular flexibility index (Phi) is 11.1. The summed E-state index contributed by atoms with van der Waals surface area (Å²) in [5.74, 6) is 2.46. The number of hydrogen-bond donors (Lipinski definition) is 2. The predicted octanol–water partition coefficient (Wildman–Crippen LogP) is 4.79. The number of carbonyl (C=O) groups is 1. The zero-order chi connectivity index (χ0) is 33.8. The summed E-state index contributed by atoms with van der Waals surface area (Å²) in [5, 5.41) is 4.03. The normalized spacial score (nSPS) is 21.1. The molecule has 0 radical (unpaired) electrons. The lowest BCUT2D eigenvalue weighted by Crippen LogP contribution is -2.58. The number of sulfonamides is 1. The van der Waals surface area contributed by atoms with Crippen LogP contribution < -0.4 is 19.7 Å². The quantitative estimate of drug-likeness (QED) is 0.289. The average molecular weight is 717 g/mol. The van der Waals surface area contributed by atoms with Crippen LogP contribution in [0.2, 0.25) is 10.0 Å². The van der Waals surface area contributed by atoms with E-state index in [9.17, 15) is 13.2 Å². The van der Waals surface area contributed by atoms with Gasteiger partial charge >= 0.3 is 0 Å². The van der Waals surface area contributed by atoms with Crippen molar-refractivity contribution in [1.29, 1.82) is 0 Å². The number of pyridine rings is 2. The molecule has 258 valence electrons. The number of likely N-dealkylation sites (tertiary alicyclic amines) is 1. The highest BCUT2D eigenvalue weighted by molar-refractivity contribution is 7.88. The minimum atomic E-state index is -3.16. The summed E-state index contributed by atoms with van der Waals surface area (Å²) >= 11 is 12.7. The molecule has 1 saturated carbocycles. The van der Waals surface area contributed by atoms with Crippen molar-refractivity contribution in [2.45, 2.75) is 51.2 Å². The number of benzene rings is 1. The summed E-state index contributed by atoms with van der Waals surface area (Å²) in [5.41, 5.74) is 2.60. The van der Waals surface area contributed by atoms with Gasteiger partial charge in [-0.3, -0.25) is 14.6 Å². The van der Waals surface area contributed by atoms with Crippen molar-refractivity contribution < 1.29 is 17.9 Å². The first-order valence-corrected chi connectivity index (χ1v) is 19.1. The van der Waals surface area contributed by atoms with Crippen LogP contribution in [0.5, 0.6) is 11.6 Å². The summed E-state index contributed by atoms with van der Waals surface area (Å²) in [6, 6.07) is 13.8. The van der Waals surface area contributed by atoms with Crippen LogP contribution in [-0.4, -0.2) is 98.2 Å². The highest BCUT2D eigenvalue weighted by Crippen LogP contribution is 2.32. The van der Waals surface area contributed by atoms with Crippen molar-refractivity contribution in [3.8, 4) is 22.9 Å². The predicted molar refractivity (Wildman–Crippen MR) is 189 cm³/mol. The third-order valence-corrected chi connectivity index (χ3v) is 10.6. The van der Waals surface area contributed by atoms with Crippen molar-refractivity contribution in [2.24, 2.45) is 5.92 Å². The molecule has 2 aliphatic heterocycles. The molecule has 0 unspecified atom stereocenters. The van der Waals surface area contributed by atoms with Gasteiger partial charge in [0.2, 0.25) is 21.8 Å². The fourth-order valence-corrected chi connectivity index (χ4v) is 8.11. The van der Waals surface area contributed by atoms with Crippen LogP contribution in [0.15, 0.2) is 48.7 Å². The van der Waals surface area contributed by atoms with E-state index in [0.717, 1.165) is 101 Å². The Labute approximate surface area is 293 Å². The third-order valence-electron chi connectivity index (χ3n) is 9.36. The lowest BCUT2D eigenvalue weighted by molar-refractivity contribution is -0.119. The minimum absolute atomic E-state index is 0.0183. The maximum Gasteiger partial charge on any atom is 0.220 e. The van der Waals surface area contributed by atoms with Gasteiger partial charge in [0.25, 0.3) is 0 Å². The highest BCUT2D eigenvalue weighted by atomic mass is 35.5. The van der Waals surface area contributed by atoms with Gasteiger partial charge in [0.1, 0.15) is 11.6 Å². The Morgan fingerprint density at radius 1 is 0.979 bits per heavy atom. The van der Waals surface area contributed by atoms with E-state index in [1.54, 1.807) is 19.2 Å². The van der Waals surface area contributed by atoms with Crippen LogP contribution in [0, 0.1) is 5.92 Å². The van der Waals surface area contributed by atoms with Crippen LogP contribution in [-0.2, 0) is 21.4 Å². The average Bonchev–Trinajstić information content (AvgIpc) is 3.02. The molecule has 0 spiro atoms.